The lowest BCUT2D eigenvalue weighted by atomic mass is 10.0. The summed E-state index contributed by atoms with van der Waals surface area (Å²) >= 11 is 0. The van der Waals surface area contributed by atoms with Gasteiger partial charge < -0.3 is 23.5 Å². The molecule has 29 heavy (non-hydrogen) atoms. The van der Waals surface area contributed by atoms with Crippen LogP contribution in [0.4, 0.5) is 0 Å². The molecule has 0 saturated carbocycles. The molecule has 150 valence electrons. The smallest absolute Gasteiger partial charge is 0.274 e. The normalized spacial score (nSPS) is 18.2. The van der Waals surface area contributed by atoms with Crippen molar-refractivity contribution in [3.05, 3.63) is 36.5 Å². The van der Waals surface area contributed by atoms with Gasteiger partial charge in [-0.2, -0.15) is 4.98 Å². The molecular formula is C21H22N4O4. The predicted octanol–water partition coefficient (Wildman–Crippen LogP) is 3.33. The lowest BCUT2D eigenvalue weighted by Gasteiger charge is -2.33. The molecule has 2 aliphatic rings. The third kappa shape index (κ3) is 3.35. The van der Waals surface area contributed by atoms with Gasteiger partial charge in [0.15, 0.2) is 11.5 Å². The summed E-state index contributed by atoms with van der Waals surface area (Å²) in [4.78, 5) is 19.3. The second kappa shape index (κ2) is 7.27. The molecule has 8 nitrogen and oxygen atoms in total. The number of rotatable bonds is 4. The lowest BCUT2D eigenvalue weighted by Crippen LogP contribution is -2.43. The number of piperidine rings is 1. The highest BCUT2D eigenvalue weighted by Crippen LogP contribution is 2.35. The summed E-state index contributed by atoms with van der Waals surface area (Å²) in [5, 5.41) is 4.10. The number of fused-ring (bicyclic) bond motifs is 1. The van der Waals surface area contributed by atoms with Gasteiger partial charge in [0.2, 0.25) is 18.5 Å². The van der Waals surface area contributed by atoms with Gasteiger partial charge in [-0.25, -0.2) is 0 Å². The van der Waals surface area contributed by atoms with E-state index in [-0.39, 0.29) is 25.3 Å². The molecule has 1 saturated heterocycles. The van der Waals surface area contributed by atoms with Crippen LogP contribution >= 0.6 is 0 Å². The monoisotopic (exact) mass is 394 g/mol. The first-order chi connectivity index (χ1) is 14.2. The van der Waals surface area contributed by atoms with E-state index in [2.05, 4.69) is 17.1 Å². The molecule has 2 aliphatic heterocycles. The van der Waals surface area contributed by atoms with Crippen LogP contribution in [-0.4, -0.2) is 44.9 Å². The minimum absolute atomic E-state index is 0.116. The average Bonchev–Trinajstić information content (AvgIpc) is 3.47. The van der Waals surface area contributed by atoms with Gasteiger partial charge in [-0.1, -0.05) is 5.16 Å². The molecule has 0 spiro atoms. The Kier molecular flexibility index (Phi) is 4.46. The standard InChI is InChI=1S/C21H22N4O4/c1-14-5-2-3-10-25(14)19(26)12-24-9-4-6-16(24)21-22-20(23-29-21)15-7-8-17-18(11-15)28-13-27-17/h4,6-9,11,14H,2-3,5,10,12-13H2,1H3/t14-/m0/s1. The third-order valence-electron chi connectivity index (χ3n) is 5.53. The molecule has 0 unspecified atom stereocenters. The summed E-state index contributed by atoms with van der Waals surface area (Å²) in [5.41, 5.74) is 1.50. The number of carbonyl (C=O) groups excluding carboxylic acids is 1. The van der Waals surface area contributed by atoms with Crippen molar-refractivity contribution in [2.24, 2.45) is 0 Å². The molecular weight excluding hydrogens is 372 g/mol. The van der Waals surface area contributed by atoms with Crippen LogP contribution in [0, 0.1) is 0 Å². The zero-order valence-electron chi connectivity index (χ0n) is 16.2. The number of hydrogen-bond donors (Lipinski definition) is 0. The van der Waals surface area contributed by atoms with E-state index >= 15 is 0 Å². The van der Waals surface area contributed by atoms with Gasteiger partial charge in [0.1, 0.15) is 12.2 Å². The van der Waals surface area contributed by atoms with Gasteiger partial charge >= 0.3 is 0 Å². The summed E-state index contributed by atoms with van der Waals surface area (Å²) in [6, 6.07) is 9.57. The predicted molar refractivity (Wildman–Crippen MR) is 104 cm³/mol. The van der Waals surface area contributed by atoms with Crippen LogP contribution in [0.15, 0.2) is 41.1 Å². The van der Waals surface area contributed by atoms with Crippen molar-refractivity contribution in [2.75, 3.05) is 13.3 Å². The van der Waals surface area contributed by atoms with Crippen LogP contribution in [0.25, 0.3) is 23.0 Å². The van der Waals surface area contributed by atoms with Crippen molar-refractivity contribution in [3.63, 3.8) is 0 Å². The van der Waals surface area contributed by atoms with E-state index in [4.69, 9.17) is 14.0 Å². The molecule has 4 heterocycles. The van der Waals surface area contributed by atoms with E-state index in [9.17, 15) is 4.79 Å². The van der Waals surface area contributed by atoms with E-state index in [1.807, 2.05) is 46.0 Å². The quantitative estimate of drug-likeness (QED) is 0.675. The number of nitrogens with zero attached hydrogens (tertiary/aromatic N) is 4. The van der Waals surface area contributed by atoms with Crippen LogP contribution < -0.4 is 9.47 Å². The molecule has 1 aromatic carbocycles. The fourth-order valence-electron chi connectivity index (χ4n) is 3.93. The topological polar surface area (TPSA) is 82.6 Å². The van der Waals surface area contributed by atoms with Crippen molar-refractivity contribution in [2.45, 2.75) is 38.8 Å². The van der Waals surface area contributed by atoms with Crippen molar-refractivity contribution in [1.82, 2.24) is 19.6 Å². The van der Waals surface area contributed by atoms with E-state index < -0.39 is 0 Å². The Bertz CT molecular complexity index is 1040. The summed E-state index contributed by atoms with van der Waals surface area (Å²) in [6.45, 7) is 3.41. The molecule has 5 rings (SSSR count). The summed E-state index contributed by atoms with van der Waals surface area (Å²) < 4.78 is 18.1. The van der Waals surface area contributed by atoms with Gasteiger partial charge in [-0.15, -0.1) is 0 Å². The third-order valence-corrected chi connectivity index (χ3v) is 5.53. The first kappa shape index (κ1) is 17.8. The number of amides is 1. The Hall–Kier alpha value is -3.29. The molecule has 1 atom stereocenters. The highest BCUT2D eigenvalue weighted by atomic mass is 16.7. The summed E-state index contributed by atoms with van der Waals surface area (Å²) in [6.07, 6.45) is 5.18. The molecule has 0 aliphatic carbocycles. The maximum Gasteiger partial charge on any atom is 0.274 e. The number of carbonyl (C=O) groups is 1. The minimum Gasteiger partial charge on any atom is -0.454 e. The Morgan fingerprint density at radius 2 is 2.10 bits per heavy atom. The number of aromatic nitrogens is 3. The average molecular weight is 394 g/mol. The van der Waals surface area contributed by atoms with Crippen molar-refractivity contribution in [1.29, 1.82) is 0 Å². The van der Waals surface area contributed by atoms with Crippen LogP contribution in [0.1, 0.15) is 26.2 Å². The molecule has 0 radical (unpaired) electrons. The molecule has 2 aromatic heterocycles. The number of benzene rings is 1. The van der Waals surface area contributed by atoms with E-state index in [0.29, 0.717) is 23.2 Å². The lowest BCUT2D eigenvalue weighted by molar-refractivity contribution is -0.135. The highest BCUT2D eigenvalue weighted by molar-refractivity contribution is 5.77. The number of hydrogen-bond acceptors (Lipinski definition) is 6. The van der Waals surface area contributed by atoms with E-state index in [1.54, 1.807) is 0 Å². The molecule has 1 amide bonds. The minimum atomic E-state index is 0.116. The molecule has 0 bridgehead atoms. The molecule has 8 heteroatoms. The maximum absolute atomic E-state index is 12.8. The van der Waals surface area contributed by atoms with Crippen molar-refractivity contribution < 1.29 is 18.8 Å². The number of ether oxygens (including phenoxy) is 2. The van der Waals surface area contributed by atoms with Gasteiger partial charge in [0.25, 0.3) is 5.89 Å². The molecule has 0 N–H and O–H groups in total. The largest absolute Gasteiger partial charge is 0.454 e. The van der Waals surface area contributed by atoms with Gasteiger partial charge in [0, 0.05) is 24.3 Å². The summed E-state index contributed by atoms with van der Waals surface area (Å²) in [7, 11) is 0. The highest BCUT2D eigenvalue weighted by Gasteiger charge is 2.24. The summed E-state index contributed by atoms with van der Waals surface area (Å²) in [5.74, 6) is 2.32. The van der Waals surface area contributed by atoms with E-state index in [1.165, 1.54) is 6.42 Å². The zero-order chi connectivity index (χ0) is 19.8. The van der Waals surface area contributed by atoms with Crippen LogP contribution in [0.2, 0.25) is 0 Å². The maximum atomic E-state index is 12.8. The van der Waals surface area contributed by atoms with Gasteiger partial charge in [-0.3, -0.25) is 4.79 Å². The van der Waals surface area contributed by atoms with Crippen LogP contribution in [-0.2, 0) is 11.3 Å². The Balaban J connectivity index is 1.36. The Morgan fingerprint density at radius 3 is 3.00 bits per heavy atom. The second-order valence-corrected chi connectivity index (χ2v) is 7.44. The first-order valence-corrected chi connectivity index (χ1v) is 9.88. The Labute approximate surface area is 168 Å². The zero-order valence-corrected chi connectivity index (χ0v) is 16.2. The Morgan fingerprint density at radius 1 is 1.21 bits per heavy atom. The SMILES string of the molecule is C[C@H]1CCCCN1C(=O)Cn1cccc1-c1nc(-c2ccc3c(c2)OCO3)no1. The fourth-order valence-corrected chi connectivity index (χ4v) is 3.93. The first-order valence-electron chi connectivity index (χ1n) is 9.88. The van der Waals surface area contributed by atoms with Gasteiger partial charge in [0.05, 0.1) is 0 Å². The van der Waals surface area contributed by atoms with Crippen LogP contribution in [0.5, 0.6) is 11.5 Å². The van der Waals surface area contributed by atoms with Crippen molar-refractivity contribution >= 4 is 5.91 Å². The van der Waals surface area contributed by atoms with Gasteiger partial charge in [-0.05, 0) is 56.5 Å². The van der Waals surface area contributed by atoms with Crippen LogP contribution in [0.3, 0.4) is 0 Å². The number of likely N-dealkylation sites (tertiary alicyclic amines) is 1. The fraction of sp³-hybridized carbons (Fsp3) is 0.381. The molecule has 1 fully saturated rings. The van der Waals surface area contributed by atoms with E-state index in [0.717, 1.165) is 30.6 Å². The molecule has 3 aromatic rings. The van der Waals surface area contributed by atoms with Crippen molar-refractivity contribution in [3.8, 4) is 34.5 Å². The second-order valence-electron chi connectivity index (χ2n) is 7.44.